The van der Waals surface area contributed by atoms with Gasteiger partial charge in [0.15, 0.2) is 0 Å². The third-order valence-electron chi connectivity index (χ3n) is 0.771. The molecule has 0 aliphatic heterocycles. The van der Waals surface area contributed by atoms with Crippen molar-refractivity contribution >= 4 is 10.2 Å². The largest absolute Gasteiger partial charge is 0.377 e. The fraction of sp³-hybridized carbons (Fsp3) is 0.714. The molecule has 0 amide bonds. The first kappa shape index (κ1) is 8.92. The molecule has 0 aromatic rings. The molecule has 0 spiro atoms. The minimum absolute atomic E-state index is 0.420. The van der Waals surface area contributed by atoms with E-state index in [1.54, 1.807) is 6.08 Å². The molecule has 0 unspecified atom stereocenters. The second-order valence-corrected chi connectivity index (χ2v) is 6.07. The molecular weight excluding hydrogens is 128 g/mol. The molecule has 0 atom stereocenters. The van der Waals surface area contributed by atoms with E-state index in [-0.39, 0.29) is 0 Å². The van der Waals surface area contributed by atoms with Gasteiger partial charge in [-0.1, -0.05) is 19.9 Å². The summed E-state index contributed by atoms with van der Waals surface area (Å²) in [5.41, 5.74) is 0. The minimum atomic E-state index is 0.420. The minimum Gasteiger partial charge on any atom is -0.377 e. The lowest BCUT2D eigenvalue weighted by Crippen LogP contribution is -2.11. The monoisotopic (exact) mass is 144 g/mol. The Balaban J connectivity index is 3.17. The Bertz CT molecular complexity index is 83.4. The van der Waals surface area contributed by atoms with Crippen LogP contribution in [0, 0.1) is 0 Å². The topological polar surface area (TPSA) is 9.23 Å². The Kier molecular flexibility index (Phi) is 3.82. The van der Waals surface area contributed by atoms with Crippen molar-refractivity contribution in [2.75, 3.05) is 13.2 Å². The van der Waals surface area contributed by atoms with Crippen LogP contribution >= 0.6 is 0 Å². The summed E-state index contributed by atoms with van der Waals surface area (Å²) in [6.45, 7) is 9.54. The predicted octanol–water partition coefficient (Wildman–Crippen LogP) is 0.753. The molecule has 0 aromatic heterocycles. The van der Waals surface area contributed by atoms with Crippen molar-refractivity contribution in [3.05, 3.63) is 12.7 Å². The van der Waals surface area contributed by atoms with Crippen LogP contribution in [-0.4, -0.2) is 23.5 Å². The van der Waals surface area contributed by atoms with E-state index in [2.05, 4.69) is 20.4 Å². The van der Waals surface area contributed by atoms with Crippen LogP contribution in [0.5, 0.6) is 0 Å². The number of hydrogen-bond donors (Lipinski definition) is 0. The molecule has 1 nitrogen and oxygen atoms in total. The van der Waals surface area contributed by atoms with Crippen molar-refractivity contribution in [1.29, 1.82) is 0 Å². The van der Waals surface area contributed by atoms with Gasteiger partial charge in [-0.25, -0.2) is 0 Å². The molecule has 2 heteroatoms. The lowest BCUT2D eigenvalue weighted by molar-refractivity contribution is 0.141. The average molecular weight is 144 g/mol. The highest BCUT2D eigenvalue weighted by Crippen LogP contribution is 2.17. The third-order valence-corrected chi connectivity index (χ3v) is 1.06. The van der Waals surface area contributed by atoms with Gasteiger partial charge >= 0.3 is 0 Å². The van der Waals surface area contributed by atoms with Crippen LogP contribution in [0.25, 0.3) is 0 Å². The van der Waals surface area contributed by atoms with Gasteiger partial charge in [-0.05, 0) is 5.04 Å². The fourth-order valence-electron chi connectivity index (χ4n) is 0.448. The van der Waals surface area contributed by atoms with E-state index in [1.165, 1.54) is 10.2 Å². The molecule has 0 saturated carbocycles. The highest BCUT2D eigenvalue weighted by Gasteiger charge is 2.08. The molecule has 0 aromatic carbocycles. The highest BCUT2D eigenvalue weighted by atomic mass is 28.1. The van der Waals surface area contributed by atoms with Crippen LogP contribution in [0.15, 0.2) is 12.7 Å². The zero-order valence-electron chi connectivity index (χ0n) is 6.61. The maximum atomic E-state index is 5.26. The summed E-state index contributed by atoms with van der Waals surface area (Å²) in [6.07, 6.45) is 1.79. The zero-order valence-corrected chi connectivity index (χ0v) is 8.61. The lowest BCUT2D eigenvalue weighted by Gasteiger charge is -2.16. The number of ether oxygens (including phenoxy) is 1. The van der Waals surface area contributed by atoms with Gasteiger partial charge in [0.05, 0.1) is 6.61 Å². The van der Waals surface area contributed by atoms with Crippen LogP contribution < -0.4 is 0 Å². The maximum absolute atomic E-state index is 5.26. The van der Waals surface area contributed by atoms with Gasteiger partial charge in [0, 0.05) is 16.8 Å². The Morgan fingerprint density at radius 1 is 1.67 bits per heavy atom. The second kappa shape index (κ2) is 3.85. The second-order valence-electron chi connectivity index (χ2n) is 3.36. The molecular formula is C7H16OSi. The van der Waals surface area contributed by atoms with Crippen molar-refractivity contribution in [3.8, 4) is 0 Å². The molecule has 0 rings (SSSR count). The van der Waals surface area contributed by atoms with Gasteiger partial charge in [-0.3, -0.25) is 0 Å². The standard InChI is InChI=1S/C7H16OSi/c1-4-5-8-6-7(2,3)9/h4H,1,5-6H2,2-3,9H3. The van der Waals surface area contributed by atoms with Gasteiger partial charge in [0.25, 0.3) is 0 Å². The van der Waals surface area contributed by atoms with Gasteiger partial charge in [-0.2, -0.15) is 0 Å². The SMILES string of the molecule is C=CCOCC(C)(C)[SiH3]. The first-order valence-corrected chi connectivity index (χ1v) is 4.25. The Hall–Kier alpha value is -0.0831. The summed E-state index contributed by atoms with van der Waals surface area (Å²) in [5, 5.41) is 0.420. The molecule has 0 radical (unpaired) electrons. The molecule has 0 saturated heterocycles. The Labute approximate surface area is 60.5 Å². The average Bonchev–Trinajstić information content (AvgIpc) is 1.63. The van der Waals surface area contributed by atoms with Crippen LogP contribution in [0.4, 0.5) is 0 Å². The van der Waals surface area contributed by atoms with E-state index in [0.717, 1.165) is 6.61 Å². The summed E-state index contributed by atoms with van der Waals surface area (Å²) in [5.74, 6) is 0. The van der Waals surface area contributed by atoms with E-state index in [4.69, 9.17) is 4.74 Å². The molecule has 54 valence electrons. The summed E-state index contributed by atoms with van der Waals surface area (Å²) < 4.78 is 5.26. The van der Waals surface area contributed by atoms with E-state index in [1.807, 2.05) is 0 Å². The van der Waals surface area contributed by atoms with E-state index < -0.39 is 0 Å². The zero-order chi connectivity index (χ0) is 7.33. The van der Waals surface area contributed by atoms with Crippen molar-refractivity contribution in [3.63, 3.8) is 0 Å². The predicted molar refractivity (Wildman–Crippen MR) is 45.0 cm³/mol. The van der Waals surface area contributed by atoms with Crippen LogP contribution in [-0.2, 0) is 4.74 Å². The van der Waals surface area contributed by atoms with Gasteiger partial charge < -0.3 is 4.74 Å². The number of rotatable bonds is 4. The molecule has 0 bridgehead atoms. The molecule has 0 aliphatic carbocycles. The normalized spacial score (nSPS) is 11.8. The van der Waals surface area contributed by atoms with Gasteiger partial charge in [0.2, 0.25) is 0 Å². The molecule has 0 heterocycles. The highest BCUT2D eigenvalue weighted by molar-refractivity contribution is 6.14. The van der Waals surface area contributed by atoms with E-state index >= 15 is 0 Å². The smallest absolute Gasteiger partial charge is 0.0644 e. The van der Waals surface area contributed by atoms with Crippen molar-refractivity contribution < 1.29 is 4.74 Å². The first-order valence-electron chi connectivity index (χ1n) is 3.25. The van der Waals surface area contributed by atoms with Crippen molar-refractivity contribution in [1.82, 2.24) is 0 Å². The molecule has 0 aliphatic rings. The lowest BCUT2D eigenvalue weighted by atomic mass is 10.2. The Morgan fingerprint density at radius 3 is 2.56 bits per heavy atom. The van der Waals surface area contributed by atoms with Crippen molar-refractivity contribution in [2.24, 2.45) is 0 Å². The van der Waals surface area contributed by atoms with Crippen LogP contribution in [0.1, 0.15) is 13.8 Å². The van der Waals surface area contributed by atoms with Crippen LogP contribution in [0.3, 0.4) is 0 Å². The quantitative estimate of drug-likeness (QED) is 0.321. The number of hydrogen-bond acceptors (Lipinski definition) is 1. The summed E-state index contributed by atoms with van der Waals surface area (Å²) >= 11 is 0. The summed E-state index contributed by atoms with van der Waals surface area (Å²) in [4.78, 5) is 0. The first-order chi connectivity index (χ1) is 4.06. The summed E-state index contributed by atoms with van der Waals surface area (Å²) in [6, 6.07) is 0. The molecule has 0 N–H and O–H groups in total. The van der Waals surface area contributed by atoms with E-state index in [9.17, 15) is 0 Å². The van der Waals surface area contributed by atoms with Gasteiger partial charge in [0.1, 0.15) is 0 Å². The fourth-order valence-corrected chi connectivity index (χ4v) is 0.653. The van der Waals surface area contributed by atoms with E-state index in [0.29, 0.717) is 11.6 Å². The molecule has 9 heavy (non-hydrogen) atoms. The van der Waals surface area contributed by atoms with Crippen molar-refractivity contribution in [2.45, 2.75) is 18.9 Å². The Morgan fingerprint density at radius 2 is 2.22 bits per heavy atom. The maximum Gasteiger partial charge on any atom is 0.0644 e. The van der Waals surface area contributed by atoms with Crippen LogP contribution in [0.2, 0.25) is 5.04 Å². The third kappa shape index (κ3) is 7.92. The van der Waals surface area contributed by atoms with Gasteiger partial charge in [-0.15, -0.1) is 6.58 Å². The molecule has 0 fully saturated rings. The summed E-state index contributed by atoms with van der Waals surface area (Å²) in [7, 11) is 1.19.